The van der Waals surface area contributed by atoms with Crippen molar-refractivity contribution >= 4 is 5.97 Å². The van der Waals surface area contributed by atoms with E-state index in [9.17, 15) is 15.0 Å². The van der Waals surface area contributed by atoms with Crippen LogP contribution in [0.25, 0.3) is 0 Å². The summed E-state index contributed by atoms with van der Waals surface area (Å²) in [6.07, 6.45) is -3.05. The van der Waals surface area contributed by atoms with Crippen LogP contribution in [0.5, 0.6) is 0 Å². The largest absolute Gasteiger partial charge is 0.870 e. The van der Waals surface area contributed by atoms with Gasteiger partial charge >= 0.3 is 5.97 Å². The monoisotopic (exact) mass is 174 g/mol. The van der Waals surface area contributed by atoms with E-state index in [0.717, 1.165) is 0 Å². The molecule has 0 unspecified atom stereocenters. The van der Waals surface area contributed by atoms with Crippen LogP contribution in [0.4, 0.5) is 0 Å². The van der Waals surface area contributed by atoms with Crippen molar-refractivity contribution in [2.24, 2.45) is 0 Å². The van der Waals surface area contributed by atoms with Gasteiger partial charge in [-0.3, -0.25) is 5.11 Å². The van der Waals surface area contributed by atoms with Crippen LogP contribution in [0.2, 0.25) is 0 Å². The number of carbonyl (C=O) groups is 1. The van der Waals surface area contributed by atoms with Gasteiger partial charge in [0.1, 0.15) is 12.2 Å². The summed E-state index contributed by atoms with van der Waals surface area (Å²) in [5, 5.41) is 38.5. The quantitative estimate of drug-likeness (QED) is 0.441. The lowest BCUT2D eigenvalue weighted by Gasteiger charge is -2.20. The second-order valence-corrected chi connectivity index (χ2v) is 2.27. The van der Waals surface area contributed by atoms with E-state index in [4.69, 9.17) is 10.2 Å². The Balaban J connectivity index is 2.80. The number of rotatable bonds is 2. The summed E-state index contributed by atoms with van der Waals surface area (Å²) >= 11 is 0. The number of esters is 1. The molecule has 0 aromatic carbocycles. The van der Waals surface area contributed by atoms with Crippen LogP contribution in [0.1, 0.15) is 0 Å². The van der Waals surface area contributed by atoms with Gasteiger partial charge < -0.3 is 20.1 Å². The summed E-state index contributed by atoms with van der Waals surface area (Å²) in [5.41, 5.74) is 0. The molecule has 0 bridgehead atoms. The highest BCUT2D eigenvalue weighted by Gasteiger charge is 2.34. The fourth-order valence-corrected chi connectivity index (χ4v) is 0.801. The first-order valence-corrected chi connectivity index (χ1v) is 3.16. The Morgan fingerprint density at radius 1 is 1.67 bits per heavy atom. The Bertz CT molecular complexity index is 232. The average Bonchev–Trinajstić information content (AvgIpc) is 2.32. The Hall–Kier alpha value is -1.27. The van der Waals surface area contributed by atoms with Crippen LogP contribution < -0.4 is 5.11 Å². The van der Waals surface area contributed by atoms with Gasteiger partial charge in [0, 0.05) is 0 Å². The number of aliphatic hydroxyl groups excluding tert-OH is 2. The lowest BCUT2D eigenvalue weighted by molar-refractivity contribution is -0.324. The molecule has 1 aliphatic rings. The summed E-state index contributed by atoms with van der Waals surface area (Å²) < 4.78 is 4.19. The van der Waals surface area contributed by atoms with Crippen molar-refractivity contribution in [2.45, 2.75) is 12.2 Å². The summed E-state index contributed by atoms with van der Waals surface area (Å²) in [5.74, 6) is -3.67. The van der Waals surface area contributed by atoms with E-state index in [0.29, 0.717) is 0 Å². The van der Waals surface area contributed by atoms with E-state index < -0.39 is 36.3 Å². The minimum Gasteiger partial charge on any atom is -0.870 e. The van der Waals surface area contributed by atoms with Crippen LogP contribution in [0.3, 0.4) is 0 Å². The van der Waals surface area contributed by atoms with E-state index in [1.807, 2.05) is 0 Å². The van der Waals surface area contributed by atoms with Crippen molar-refractivity contribution < 1.29 is 30.0 Å². The average molecular weight is 174 g/mol. The molecule has 0 amide bonds. The predicted molar refractivity (Wildman–Crippen MR) is 30.7 cm³/mol. The highest BCUT2D eigenvalue weighted by atomic mass is 16.6. The van der Waals surface area contributed by atoms with Crippen LogP contribution >= 0.6 is 0 Å². The van der Waals surface area contributed by atoms with Crippen molar-refractivity contribution in [1.29, 1.82) is 0 Å². The van der Waals surface area contributed by atoms with Crippen molar-refractivity contribution in [3.05, 3.63) is 11.5 Å². The van der Waals surface area contributed by atoms with Crippen molar-refractivity contribution in [3.8, 4) is 0 Å². The van der Waals surface area contributed by atoms with E-state index in [1.165, 1.54) is 0 Å². The van der Waals surface area contributed by atoms with Gasteiger partial charge in [0.2, 0.25) is 0 Å². The van der Waals surface area contributed by atoms with E-state index >= 15 is 0 Å². The third-order valence-corrected chi connectivity index (χ3v) is 1.44. The highest BCUT2D eigenvalue weighted by Crippen LogP contribution is 2.19. The Morgan fingerprint density at radius 3 is 2.58 bits per heavy atom. The number of ether oxygens (including phenoxy) is 1. The first kappa shape index (κ1) is 8.82. The summed E-state index contributed by atoms with van der Waals surface area (Å²) in [4.78, 5) is 10.4. The molecule has 1 radical (unpaired) electrons. The number of carbonyl (C=O) groups excluding carboxylic acids is 1. The molecule has 0 aromatic rings. The second kappa shape index (κ2) is 3.00. The Kier molecular flexibility index (Phi) is 2.20. The molecule has 0 saturated carbocycles. The van der Waals surface area contributed by atoms with Gasteiger partial charge in [0.15, 0.2) is 0 Å². The minimum atomic E-state index is -1.53. The molecule has 1 heterocycles. The van der Waals surface area contributed by atoms with Crippen LogP contribution in [-0.4, -0.2) is 35.0 Å². The number of cyclic esters (lactones) is 1. The normalized spacial score (nSPS) is 25.8. The molecule has 0 aromatic heterocycles. The van der Waals surface area contributed by atoms with Crippen molar-refractivity contribution in [2.75, 3.05) is 6.61 Å². The van der Waals surface area contributed by atoms with Crippen molar-refractivity contribution in [3.63, 3.8) is 0 Å². The molecule has 2 N–H and O–H groups in total. The van der Waals surface area contributed by atoms with Gasteiger partial charge in [-0.15, -0.1) is 0 Å². The molecule has 0 saturated heterocycles. The topological polar surface area (TPSA) is 110 Å². The SMILES string of the molecule is [O]C1=C([O-])[C@@H]([C@@H](O)CO)OC1=O. The number of hydrogen-bond acceptors (Lipinski definition) is 5. The fourth-order valence-electron chi connectivity index (χ4n) is 0.801. The number of hydrogen-bond donors (Lipinski definition) is 2. The summed E-state index contributed by atoms with van der Waals surface area (Å²) in [7, 11) is 0. The van der Waals surface area contributed by atoms with Crippen molar-refractivity contribution in [1.82, 2.24) is 0 Å². The summed E-state index contributed by atoms with van der Waals surface area (Å²) in [6, 6.07) is 0. The van der Waals surface area contributed by atoms with Gasteiger partial charge in [0.25, 0.3) is 5.76 Å². The molecule has 6 nitrogen and oxygen atoms in total. The van der Waals surface area contributed by atoms with Crippen LogP contribution in [-0.2, 0) is 14.6 Å². The highest BCUT2D eigenvalue weighted by molar-refractivity contribution is 5.88. The second-order valence-electron chi connectivity index (χ2n) is 2.27. The first-order chi connectivity index (χ1) is 5.57. The van der Waals surface area contributed by atoms with Crippen LogP contribution in [0, 0.1) is 0 Å². The first-order valence-electron chi connectivity index (χ1n) is 3.16. The zero-order valence-corrected chi connectivity index (χ0v) is 5.89. The molecule has 1 aliphatic heterocycles. The maximum atomic E-state index is 10.7. The fraction of sp³-hybridized carbons (Fsp3) is 0.500. The molecule has 0 spiro atoms. The molecule has 1 rings (SSSR count). The molecular weight excluding hydrogens is 168 g/mol. The van der Waals surface area contributed by atoms with Gasteiger partial charge in [-0.1, -0.05) is 0 Å². The van der Waals surface area contributed by atoms with Gasteiger partial charge in [-0.25, -0.2) is 4.79 Å². The van der Waals surface area contributed by atoms with E-state index in [1.54, 1.807) is 0 Å². The third kappa shape index (κ3) is 1.21. The zero-order chi connectivity index (χ0) is 9.30. The third-order valence-electron chi connectivity index (χ3n) is 1.44. The molecule has 6 heteroatoms. The van der Waals surface area contributed by atoms with E-state index in [-0.39, 0.29) is 0 Å². The summed E-state index contributed by atoms with van der Waals surface area (Å²) in [6.45, 7) is -0.739. The smallest absolute Gasteiger partial charge is 0.378 e. The molecule has 67 valence electrons. The maximum Gasteiger partial charge on any atom is 0.378 e. The molecular formula is C6H6O6-. The lowest BCUT2D eigenvalue weighted by atomic mass is 10.2. The molecule has 0 aliphatic carbocycles. The van der Waals surface area contributed by atoms with E-state index in [2.05, 4.69) is 4.74 Å². The molecule has 2 atom stereocenters. The van der Waals surface area contributed by atoms with Crippen LogP contribution in [0.15, 0.2) is 11.5 Å². The van der Waals surface area contributed by atoms with Gasteiger partial charge in [-0.05, 0) is 5.76 Å². The standard InChI is InChI=1S/C6H7O6/c7-1-2(8)5-3(9)4(10)6(11)12-5/h2,5,7-9H,1H2/p-1/t2-,5+/m0/s1. The zero-order valence-electron chi connectivity index (χ0n) is 5.89. The Labute approximate surface area is 67.3 Å². The maximum absolute atomic E-state index is 10.7. The van der Waals surface area contributed by atoms with Gasteiger partial charge in [-0.2, -0.15) is 0 Å². The Morgan fingerprint density at radius 2 is 2.25 bits per heavy atom. The molecule has 12 heavy (non-hydrogen) atoms. The number of aliphatic hydroxyl groups is 2. The predicted octanol–water partition coefficient (Wildman–Crippen LogP) is -2.73. The van der Waals surface area contributed by atoms with Gasteiger partial charge in [0.05, 0.1) is 6.61 Å². The minimum absolute atomic E-state index is 0.739. The lowest BCUT2D eigenvalue weighted by Crippen LogP contribution is -2.35. The molecule has 0 fully saturated rings.